The second-order valence-corrected chi connectivity index (χ2v) is 13.9. The third kappa shape index (κ3) is 7.30. The Bertz CT molecular complexity index is 1610. The maximum atomic E-state index is 13.2. The van der Waals surface area contributed by atoms with Crippen LogP contribution in [0.3, 0.4) is 0 Å². The smallest absolute Gasteiger partial charge is 0.324 e. The van der Waals surface area contributed by atoms with Crippen LogP contribution in [0.1, 0.15) is 75.3 Å². The molecule has 4 aromatic rings. The number of aryl methyl sites for hydroxylation is 2. The molecule has 2 unspecified atom stereocenters. The maximum absolute atomic E-state index is 13.2. The number of fused-ring (bicyclic) bond motifs is 2. The van der Waals surface area contributed by atoms with Gasteiger partial charge in [0.1, 0.15) is 5.82 Å². The Morgan fingerprint density at radius 3 is 2.16 bits per heavy atom. The van der Waals surface area contributed by atoms with Crippen molar-refractivity contribution < 1.29 is 9.59 Å². The van der Waals surface area contributed by atoms with Gasteiger partial charge in [-0.3, -0.25) is 10.1 Å². The highest BCUT2D eigenvalue weighted by molar-refractivity contribution is 5.99. The maximum Gasteiger partial charge on any atom is 0.324 e. The van der Waals surface area contributed by atoms with Gasteiger partial charge in [-0.2, -0.15) is 5.10 Å². The SMILES string of the molecule is Cc1ccc(-n2nc(C(C)(C)C)cc2NC(=O)Nc2ccc(CC3CC4CCC(C3)N4C(=O)CCc3ccccc3)cc2)cc1. The zero-order valence-corrected chi connectivity index (χ0v) is 26.9. The van der Waals surface area contributed by atoms with Crippen LogP contribution < -0.4 is 10.6 Å². The van der Waals surface area contributed by atoms with Crippen LogP contribution in [-0.4, -0.2) is 38.7 Å². The van der Waals surface area contributed by atoms with E-state index in [4.69, 9.17) is 5.10 Å². The monoisotopic (exact) mass is 603 g/mol. The van der Waals surface area contributed by atoms with Crippen LogP contribution >= 0.6 is 0 Å². The van der Waals surface area contributed by atoms with Gasteiger partial charge in [0.05, 0.1) is 11.4 Å². The molecule has 45 heavy (non-hydrogen) atoms. The third-order valence-electron chi connectivity index (χ3n) is 9.32. The molecule has 2 fully saturated rings. The molecule has 2 saturated heterocycles. The lowest BCUT2D eigenvalue weighted by atomic mass is 9.85. The van der Waals surface area contributed by atoms with E-state index in [9.17, 15) is 9.59 Å². The molecule has 2 aliphatic rings. The third-order valence-corrected chi connectivity index (χ3v) is 9.32. The van der Waals surface area contributed by atoms with Crippen molar-refractivity contribution in [2.45, 2.75) is 90.1 Å². The average Bonchev–Trinajstić information content (AvgIpc) is 3.56. The number of aromatic nitrogens is 2. The summed E-state index contributed by atoms with van der Waals surface area (Å²) in [6.45, 7) is 8.39. The van der Waals surface area contributed by atoms with Gasteiger partial charge in [0.25, 0.3) is 0 Å². The Labute approximate surface area is 267 Å². The Morgan fingerprint density at radius 1 is 0.844 bits per heavy atom. The van der Waals surface area contributed by atoms with E-state index in [0.29, 0.717) is 36.1 Å². The molecule has 1 aromatic heterocycles. The van der Waals surface area contributed by atoms with Crippen molar-refractivity contribution in [1.29, 1.82) is 0 Å². The molecule has 2 N–H and O–H groups in total. The Hall–Kier alpha value is -4.39. The van der Waals surface area contributed by atoms with E-state index in [2.05, 4.69) is 67.5 Å². The van der Waals surface area contributed by atoms with Crippen LogP contribution in [0.25, 0.3) is 5.69 Å². The lowest BCUT2D eigenvalue weighted by molar-refractivity contribution is -0.136. The molecule has 7 heteroatoms. The highest BCUT2D eigenvalue weighted by atomic mass is 16.2. The molecule has 7 nitrogen and oxygen atoms in total. The van der Waals surface area contributed by atoms with Crippen LogP contribution in [0.15, 0.2) is 84.9 Å². The zero-order valence-electron chi connectivity index (χ0n) is 26.9. The lowest BCUT2D eigenvalue weighted by Crippen LogP contribution is -2.47. The van der Waals surface area contributed by atoms with Gasteiger partial charge in [-0.05, 0) is 86.8 Å². The summed E-state index contributed by atoms with van der Waals surface area (Å²) in [5.41, 5.74) is 6.04. The average molecular weight is 604 g/mol. The zero-order chi connectivity index (χ0) is 31.6. The molecule has 6 rings (SSSR count). The molecule has 3 heterocycles. The van der Waals surface area contributed by atoms with Crippen LogP contribution in [0, 0.1) is 12.8 Å². The molecule has 2 aliphatic heterocycles. The number of carbonyl (C=O) groups excluding carboxylic acids is 2. The second-order valence-electron chi connectivity index (χ2n) is 13.9. The summed E-state index contributed by atoms with van der Waals surface area (Å²) < 4.78 is 1.79. The number of nitrogens with one attached hydrogen (secondary N) is 2. The number of hydrogen-bond acceptors (Lipinski definition) is 3. The van der Waals surface area contributed by atoms with E-state index in [1.807, 2.05) is 60.7 Å². The molecule has 3 amide bonds. The summed E-state index contributed by atoms with van der Waals surface area (Å²) in [4.78, 5) is 28.5. The number of nitrogens with zero attached hydrogens (tertiary/aromatic N) is 3. The standard InChI is InChI=1S/C38H45N5O2/c1-26-10-17-31(18-11-26)43-35(25-34(41-43)38(2,3)4)40-37(45)39-30-15-12-28(13-16-30)22-29-23-32-19-20-33(24-29)42(32)36(44)21-14-27-8-6-5-7-9-27/h5-13,15-18,25,29,32-33H,14,19-24H2,1-4H3,(H2,39,40,45). The van der Waals surface area contributed by atoms with Crippen LogP contribution in [0.4, 0.5) is 16.3 Å². The van der Waals surface area contributed by atoms with Gasteiger partial charge < -0.3 is 10.2 Å². The first kappa shape index (κ1) is 30.6. The molecule has 0 radical (unpaired) electrons. The summed E-state index contributed by atoms with van der Waals surface area (Å²) >= 11 is 0. The van der Waals surface area contributed by atoms with Crippen LogP contribution in [0.2, 0.25) is 0 Å². The summed E-state index contributed by atoms with van der Waals surface area (Å²) in [6.07, 6.45) is 6.79. The fraction of sp³-hybridized carbons (Fsp3) is 0.395. The summed E-state index contributed by atoms with van der Waals surface area (Å²) in [5.74, 6) is 1.51. The minimum absolute atomic E-state index is 0.160. The van der Waals surface area contributed by atoms with Gasteiger partial charge in [0.15, 0.2) is 0 Å². The molecule has 234 valence electrons. The van der Waals surface area contributed by atoms with Crippen LogP contribution in [0.5, 0.6) is 0 Å². The molecule has 2 bridgehead atoms. The fourth-order valence-corrected chi connectivity index (χ4v) is 6.94. The number of anilines is 2. The Balaban J connectivity index is 1.03. The van der Waals surface area contributed by atoms with Crippen molar-refractivity contribution in [2.24, 2.45) is 5.92 Å². The molecule has 0 aliphatic carbocycles. The van der Waals surface area contributed by atoms with E-state index in [-0.39, 0.29) is 11.4 Å². The minimum atomic E-state index is -0.308. The van der Waals surface area contributed by atoms with Crippen molar-refractivity contribution >= 4 is 23.4 Å². The number of benzene rings is 3. The number of urea groups is 1. The minimum Gasteiger partial charge on any atom is -0.337 e. The van der Waals surface area contributed by atoms with Crippen LogP contribution in [-0.2, 0) is 23.1 Å². The molecule has 2 atom stereocenters. The van der Waals surface area contributed by atoms with Crippen molar-refractivity contribution in [3.05, 3.63) is 107 Å². The number of piperidine rings is 1. The normalized spacial score (nSPS) is 19.4. The van der Waals surface area contributed by atoms with E-state index >= 15 is 0 Å². The van der Waals surface area contributed by atoms with Gasteiger partial charge in [0.2, 0.25) is 5.91 Å². The number of rotatable bonds is 8. The molecular formula is C38H45N5O2. The number of amides is 3. The lowest BCUT2D eigenvalue weighted by Gasteiger charge is -2.39. The number of carbonyl (C=O) groups is 2. The first-order valence-corrected chi connectivity index (χ1v) is 16.3. The van der Waals surface area contributed by atoms with Gasteiger partial charge >= 0.3 is 6.03 Å². The van der Waals surface area contributed by atoms with Crippen molar-refractivity contribution in [1.82, 2.24) is 14.7 Å². The summed E-state index contributed by atoms with van der Waals surface area (Å²) in [5, 5.41) is 10.8. The largest absolute Gasteiger partial charge is 0.337 e. The fourth-order valence-electron chi connectivity index (χ4n) is 6.94. The first-order valence-electron chi connectivity index (χ1n) is 16.3. The molecule has 0 saturated carbocycles. The highest BCUT2D eigenvalue weighted by Gasteiger charge is 2.42. The van der Waals surface area contributed by atoms with Gasteiger partial charge in [-0.25, -0.2) is 9.48 Å². The molecule has 3 aromatic carbocycles. The summed E-state index contributed by atoms with van der Waals surface area (Å²) in [6, 6.07) is 29.0. The molecular weight excluding hydrogens is 558 g/mol. The first-order chi connectivity index (χ1) is 21.6. The van der Waals surface area contributed by atoms with E-state index < -0.39 is 0 Å². The predicted octanol–water partition coefficient (Wildman–Crippen LogP) is 8.07. The molecule has 0 spiro atoms. The van der Waals surface area contributed by atoms with Crippen molar-refractivity contribution in [3.8, 4) is 5.69 Å². The second kappa shape index (κ2) is 12.9. The van der Waals surface area contributed by atoms with Gasteiger partial charge in [-0.15, -0.1) is 0 Å². The van der Waals surface area contributed by atoms with Crippen molar-refractivity contribution in [2.75, 3.05) is 10.6 Å². The van der Waals surface area contributed by atoms with E-state index in [0.717, 1.165) is 55.6 Å². The van der Waals surface area contributed by atoms with E-state index in [1.54, 1.807) is 4.68 Å². The topological polar surface area (TPSA) is 79.3 Å². The van der Waals surface area contributed by atoms with Crippen molar-refractivity contribution in [3.63, 3.8) is 0 Å². The van der Waals surface area contributed by atoms with Gasteiger partial charge in [-0.1, -0.05) is 80.9 Å². The number of hydrogen-bond donors (Lipinski definition) is 2. The Kier molecular flexibility index (Phi) is 8.79. The quantitative estimate of drug-likeness (QED) is 0.214. The van der Waals surface area contributed by atoms with E-state index in [1.165, 1.54) is 16.7 Å². The predicted molar refractivity (Wildman–Crippen MR) is 181 cm³/mol. The summed E-state index contributed by atoms with van der Waals surface area (Å²) in [7, 11) is 0. The highest BCUT2D eigenvalue weighted by Crippen LogP contribution is 2.40. The Morgan fingerprint density at radius 2 is 1.51 bits per heavy atom. The van der Waals surface area contributed by atoms with Gasteiger partial charge in [0, 0.05) is 35.7 Å².